The van der Waals surface area contributed by atoms with E-state index in [1.165, 1.54) is 11.3 Å². The van der Waals surface area contributed by atoms with Crippen molar-refractivity contribution in [2.75, 3.05) is 17.6 Å². The van der Waals surface area contributed by atoms with Gasteiger partial charge in [0.25, 0.3) is 0 Å². The van der Waals surface area contributed by atoms with Gasteiger partial charge in [0.2, 0.25) is 5.91 Å². The number of carbonyl (C=O) groups excluding carboxylic acids is 2. The Hall–Kier alpha value is -2.39. The second kappa shape index (κ2) is 7.88. The largest absolute Gasteiger partial charge is 0.444 e. The first-order valence-corrected chi connectivity index (χ1v) is 8.90. The molecule has 0 aliphatic rings. The molecule has 0 bridgehead atoms. The number of nitrogens with two attached hydrogens (primary N) is 1. The van der Waals surface area contributed by atoms with Crippen molar-refractivity contribution in [3.05, 3.63) is 23.1 Å². The summed E-state index contributed by atoms with van der Waals surface area (Å²) < 4.78 is 5.07. The van der Waals surface area contributed by atoms with Gasteiger partial charge < -0.3 is 21.1 Å². The van der Waals surface area contributed by atoms with Gasteiger partial charge in [0.05, 0.1) is 16.3 Å². The summed E-state index contributed by atoms with van der Waals surface area (Å²) >= 11 is 7.11. The highest BCUT2D eigenvalue weighted by molar-refractivity contribution is 7.19. The van der Waals surface area contributed by atoms with Crippen molar-refractivity contribution in [2.24, 2.45) is 0 Å². The van der Waals surface area contributed by atoms with Crippen LogP contribution >= 0.6 is 22.9 Å². The Balaban J connectivity index is 1.99. The topological polar surface area (TPSA) is 119 Å². The number of amides is 2. The summed E-state index contributed by atoms with van der Waals surface area (Å²) in [6, 6.07) is 1.70. The third-order valence-electron chi connectivity index (χ3n) is 2.96. The summed E-state index contributed by atoms with van der Waals surface area (Å²) in [6.45, 7) is 6.81. The average molecular weight is 398 g/mol. The van der Waals surface area contributed by atoms with Crippen LogP contribution in [0.25, 0.3) is 10.4 Å². The first-order valence-electron chi connectivity index (χ1n) is 7.70. The van der Waals surface area contributed by atoms with Crippen molar-refractivity contribution in [1.29, 1.82) is 0 Å². The Kier molecular flexibility index (Phi) is 6.04. The van der Waals surface area contributed by atoms with Crippen LogP contribution in [0.5, 0.6) is 0 Å². The van der Waals surface area contributed by atoms with Crippen LogP contribution in [0.2, 0.25) is 5.15 Å². The Morgan fingerprint density at radius 3 is 2.69 bits per heavy atom. The van der Waals surface area contributed by atoms with Crippen LogP contribution in [0.3, 0.4) is 0 Å². The van der Waals surface area contributed by atoms with E-state index in [0.29, 0.717) is 16.5 Å². The quantitative estimate of drug-likeness (QED) is 0.681. The first kappa shape index (κ1) is 19.9. The molecule has 0 fully saturated rings. The number of anilines is 2. The van der Waals surface area contributed by atoms with E-state index in [2.05, 4.69) is 20.6 Å². The minimum atomic E-state index is -0.661. The van der Waals surface area contributed by atoms with Crippen LogP contribution in [0.15, 0.2) is 12.3 Å². The molecule has 2 aromatic rings. The zero-order valence-electron chi connectivity index (χ0n) is 14.8. The van der Waals surface area contributed by atoms with Crippen LogP contribution in [-0.4, -0.2) is 34.1 Å². The number of rotatable bonds is 4. The van der Waals surface area contributed by atoms with E-state index in [1.807, 2.05) is 6.92 Å². The minimum absolute atomic E-state index is 0.224. The number of aromatic nitrogens is 2. The number of hydrogen-bond donors (Lipinski definition) is 3. The normalized spacial score (nSPS) is 11.1. The summed E-state index contributed by atoms with van der Waals surface area (Å²) in [5, 5.41) is 5.66. The second-order valence-corrected chi connectivity index (χ2v) is 7.80. The lowest BCUT2D eigenvalue weighted by Gasteiger charge is -2.19. The molecule has 2 amide bonds. The molecular formula is C16H20ClN5O3S. The van der Waals surface area contributed by atoms with Crippen LogP contribution < -0.4 is 16.4 Å². The molecule has 2 heterocycles. The highest BCUT2D eigenvalue weighted by Crippen LogP contribution is 2.34. The fourth-order valence-electron chi connectivity index (χ4n) is 1.94. The lowest BCUT2D eigenvalue weighted by atomic mass is 10.2. The minimum Gasteiger partial charge on any atom is -0.444 e. The number of thiazole rings is 1. The maximum atomic E-state index is 12.0. The van der Waals surface area contributed by atoms with Gasteiger partial charge in [-0.1, -0.05) is 22.9 Å². The predicted molar refractivity (Wildman–Crippen MR) is 102 cm³/mol. The Bertz CT molecular complexity index is 832. The molecule has 140 valence electrons. The Morgan fingerprint density at radius 1 is 1.38 bits per heavy atom. The molecule has 0 radical (unpaired) electrons. The molecule has 26 heavy (non-hydrogen) atoms. The number of pyridine rings is 1. The first-order chi connectivity index (χ1) is 12.0. The van der Waals surface area contributed by atoms with Gasteiger partial charge in [0.1, 0.15) is 12.1 Å². The summed E-state index contributed by atoms with van der Waals surface area (Å²) in [4.78, 5) is 32.7. The number of aryl methyl sites for hydroxylation is 1. The third-order valence-corrected chi connectivity index (χ3v) is 4.40. The lowest BCUT2D eigenvalue weighted by Crippen LogP contribution is -2.37. The maximum absolute atomic E-state index is 12.0. The molecule has 0 saturated carbocycles. The van der Waals surface area contributed by atoms with Gasteiger partial charge in [-0.15, -0.1) is 0 Å². The molecule has 2 rings (SSSR count). The van der Waals surface area contributed by atoms with E-state index in [4.69, 9.17) is 22.1 Å². The van der Waals surface area contributed by atoms with Crippen LogP contribution in [0.1, 0.15) is 26.5 Å². The van der Waals surface area contributed by atoms with Crippen molar-refractivity contribution in [3.63, 3.8) is 0 Å². The molecule has 4 N–H and O–H groups in total. The monoisotopic (exact) mass is 397 g/mol. The number of nitrogen functional groups attached to an aromatic ring is 1. The average Bonchev–Trinajstić information content (AvgIpc) is 2.87. The molecule has 8 nitrogen and oxygen atoms in total. The van der Waals surface area contributed by atoms with Gasteiger partial charge in [-0.3, -0.25) is 4.79 Å². The van der Waals surface area contributed by atoms with Gasteiger partial charge in [0, 0.05) is 11.8 Å². The molecule has 2 aromatic heterocycles. The number of nitrogens with zero attached hydrogens (tertiary/aromatic N) is 2. The number of nitrogens with one attached hydrogen (secondary N) is 2. The summed E-state index contributed by atoms with van der Waals surface area (Å²) in [5.41, 5.74) is 6.99. The molecule has 0 saturated heterocycles. The van der Waals surface area contributed by atoms with Crippen molar-refractivity contribution in [2.45, 2.75) is 33.3 Å². The lowest BCUT2D eigenvalue weighted by molar-refractivity contribution is -0.115. The van der Waals surface area contributed by atoms with E-state index in [9.17, 15) is 9.59 Å². The van der Waals surface area contributed by atoms with Crippen molar-refractivity contribution < 1.29 is 14.3 Å². The van der Waals surface area contributed by atoms with Crippen LogP contribution in [0, 0.1) is 6.92 Å². The number of hydrogen-bond acceptors (Lipinski definition) is 7. The van der Waals surface area contributed by atoms with Gasteiger partial charge >= 0.3 is 6.09 Å². The maximum Gasteiger partial charge on any atom is 0.408 e. The SMILES string of the molecule is Cc1nc(NC(=O)CNC(=O)OC(C)(C)C)sc1-c1cnc(Cl)c(N)c1. The summed E-state index contributed by atoms with van der Waals surface area (Å²) in [5.74, 6) is -0.412. The van der Waals surface area contributed by atoms with Gasteiger partial charge in [-0.25, -0.2) is 14.8 Å². The van der Waals surface area contributed by atoms with Gasteiger partial charge in [-0.2, -0.15) is 0 Å². The van der Waals surface area contributed by atoms with E-state index < -0.39 is 17.6 Å². The smallest absolute Gasteiger partial charge is 0.408 e. The highest BCUT2D eigenvalue weighted by Gasteiger charge is 2.17. The van der Waals surface area contributed by atoms with E-state index in [1.54, 1.807) is 33.0 Å². The zero-order chi connectivity index (χ0) is 19.5. The molecule has 0 unspecified atom stereocenters. The molecule has 0 atom stereocenters. The molecular weight excluding hydrogens is 378 g/mol. The molecule has 0 spiro atoms. The summed E-state index contributed by atoms with van der Waals surface area (Å²) in [6.07, 6.45) is 0.931. The fourth-order valence-corrected chi connectivity index (χ4v) is 3.00. The van der Waals surface area contributed by atoms with Crippen molar-refractivity contribution in [3.8, 4) is 10.4 Å². The van der Waals surface area contributed by atoms with Crippen LogP contribution in [0.4, 0.5) is 15.6 Å². The molecule has 0 aliphatic heterocycles. The number of halogens is 1. The molecule has 10 heteroatoms. The van der Waals surface area contributed by atoms with E-state index in [0.717, 1.165) is 10.4 Å². The second-order valence-electron chi connectivity index (χ2n) is 6.44. The van der Waals surface area contributed by atoms with E-state index in [-0.39, 0.29) is 11.7 Å². The molecule has 0 aromatic carbocycles. The van der Waals surface area contributed by atoms with Gasteiger partial charge in [-0.05, 0) is 33.8 Å². The predicted octanol–water partition coefficient (Wildman–Crippen LogP) is 3.21. The Labute approximate surface area is 160 Å². The number of ether oxygens (including phenoxy) is 1. The van der Waals surface area contributed by atoms with E-state index >= 15 is 0 Å². The standard InChI is InChI=1S/C16H20ClN5O3S/c1-8-12(9-5-10(18)13(17)19-6-9)26-14(21-8)22-11(23)7-20-15(24)25-16(2,3)4/h5-6H,7,18H2,1-4H3,(H,20,24)(H,21,22,23). The zero-order valence-corrected chi connectivity index (χ0v) is 16.4. The van der Waals surface area contributed by atoms with Crippen LogP contribution in [-0.2, 0) is 9.53 Å². The highest BCUT2D eigenvalue weighted by atomic mass is 35.5. The third kappa shape index (κ3) is 5.57. The molecule has 0 aliphatic carbocycles. The number of carbonyl (C=O) groups is 2. The Morgan fingerprint density at radius 2 is 2.08 bits per heavy atom. The van der Waals surface area contributed by atoms with Crippen molar-refractivity contribution >= 4 is 45.8 Å². The summed E-state index contributed by atoms with van der Waals surface area (Å²) in [7, 11) is 0. The number of alkyl carbamates (subject to hydrolysis) is 1. The van der Waals surface area contributed by atoms with Gasteiger partial charge in [0.15, 0.2) is 10.3 Å². The van der Waals surface area contributed by atoms with Crippen molar-refractivity contribution in [1.82, 2.24) is 15.3 Å². The fraction of sp³-hybridized carbons (Fsp3) is 0.375.